The van der Waals surface area contributed by atoms with Crippen LogP contribution in [0.2, 0.25) is 0 Å². The number of hydrogen-bond acceptors (Lipinski definition) is 3. The SMILES string of the molecule is O=C(c1ccccc1)[C@@H]1Nc2cnccc2[C@H]2c3ccccc3C[C@H]21. The Balaban J connectivity index is 1.63. The molecule has 3 nitrogen and oxygen atoms in total. The third kappa shape index (κ3) is 2.19. The van der Waals surface area contributed by atoms with Crippen LogP contribution in [-0.2, 0) is 6.42 Å². The maximum Gasteiger partial charge on any atom is 0.185 e. The highest BCUT2D eigenvalue weighted by Crippen LogP contribution is 2.49. The van der Waals surface area contributed by atoms with Crippen molar-refractivity contribution in [2.75, 3.05) is 5.32 Å². The minimum absolute atomic E-state index is 0.165. The van der Waals surface area contributed by atoms with Crippen molar-refractivity contribution in [2.45, 2.75) is 18.4 Å². The second kappa shape index (κ2) is 5.55. The van der Waals surface area contributed by atoms with Crippen LogP contribution >= 0.6 is 0 Å². The molecule has 1 N–H and O–H groups in total. The van der Waals surface area contributed by atoms with Gasteiger partial charge < -0.3 is 5.32 Å². The summed E-state index contributed by atoms with van der Waals surface area (Å²) in [5.74, 6) is 0.658. The lowest BCUT2D eigenvalue weighted by molar-refractivity contribution is 0.0938. The van der Waals surface area contributed by atoms with Crippen LogP contribution in [0, 0.1) is 5.92 Å². The highest BCUT2D eigenvalue weighted by Gasteiger charge is 2.45. The third-order valence-corrected chi connectivity index (χ3v) is 5.54. The molecule has 25 heavy (non-hydrogen) atoms. The zero-order valence-corrected chi connectivity index (χ0v) is 13.7. The summed E-state index contributed by atoms with van der Waals surface area (Å²) >= 11 is 0. The molecule has 0 radical (unpaired) electrons. The molecule has 0 amide bonds. The molecule has 1 aliphatic heterocycles. The van der Waals surface area contributed by atoms with Crippen LogP contribution in [0.25, 0.3) is 0 Å². The molecule has 0 bridgehead atoms. The number of benzene rings is 2. The quantitative estimate of drug-likeness (QED) is 0.722. The normalized spacial score (nSPS) is 23.1. The van der Waals surface area contributed by atoms with Crippen molar-refractivity contribution in [1.29, 1.82) is 0 Å². The summed E-state index contributed by atoms with van der Waals surface area (Å²) in [6.45, 7) is 0. The van der Waals surface area contributed by atoms with Gasteiger partial charge in [-0.3, -0.25) is 9.78 Å². The lowest BCUT2D eigenvalue weighted by Gasteiger charge is -2.36. The Kier molecular flexibility index (Phi) is 3.20. The summed E-state index contributed by atoms with van der Waals surface area (Å²) in [5, 5.41) is 3.49. The molecular weight excluding hydrogens is 308 g/mol. The van der Waals surface area contributed by atoms with Gasteiger partial charge in [-0.05, 0) is 29.2 Å². The second-order valence-electron chi connectivity index (χ2n) is 6.86. The molecule has 0 unspecified atom stereocenters. The first-order valence-corrected chi connectivity index (χ1v) is 8.70. The molecule has 3 aromatic rings. The lowest BCUT2D eigenvalue weighted by Crippen LogP contribution is -2.42. The number of nitrogens with one attached hydrogen (secondary N) is 1. The molecule has 122 valence electrons. The van der Waals surface area contributed by atoms with Crippen molar-refractivity contribution in [3.05, 3.63) is 95.3 Å². The molecule has 0 fully saturated rings. The van der Waals surface area contributed by atoms with Crippen molar-refractivity contribution in [2.24, 2.45) is 5.92 Å². The Bertz CT molecular complexity index is 951. The van der Waals surface area contributed by atoms with E-state index in [-0.39, 0.29) is 23.7 Å². The van der Waals surface area contributed by atoms with Gasteiger partial charge in [-0.1, -0.05) is 54.6 Å². The van der Waals surface area contributed by atoms with Crippen LogP contribution in [0.1, 0.15) is 33.0 Å². The highest BCUT2D eigenvalue weighted by molar-refractivity contribution is 6.02. The fraction of sp³-hybridized carbons (Fsp3) is 0.182. The van der Waals surface area contributed by atoms with Crippen LogP contribution in [0.15, 0.2) is 73.1 Å². The van der Waals surface area contributed by atoms with Gasteiger partial charge in [0.15, 0.2) is 5.78 Å². The van der Waals surface area contributed by atoms with Crippen LogP contribution in [0.3, 0.4) is 0 Å². The van der Waals surface area contributed by atoms with Gasteiger partial charge in [0.05, 0.1) is 17.9 Å². The molecule has 3 heteroatoms. The number of carbonyl (C=O) groups excluding carboxylic acids is 1. The number of Topliss-reactive ketones (excluding diaryl/α,β-unsaturated/α-hetero) is 1. The number of aromatic nitrogens is 1. The van der Waals surface area contributed by atoms with E-state index < -0.39 is 0 Å². The number of hydrogen-bond donors (Lipinski definition) is 1. The van der Waals surface area contributed by atoms with Crippen LogP contribution in [0.4, 0.5) is 5.69 Å². The first kappa shape index (κ1) is 14.4. The van der Waals surface area contributed by atoms with Gasteiger partial charge in [0.1, 0.15) is 0 Å². The van der Waals surface area contributed by atoms with E-state index in [0.717, 1.165) is 17.7 Å². The third-order valence-electron chi connectivity index (χ3n) is 5.54. The van der Waals surface area contributed by atoms with Gasteiger partial charge in [0, 0.05) is 23.6 Å². The Morgan fingerprint density at radius 1 is 0.960 bits per heavy atom. The van der Waals surface area contributed by atoms with E-state index in [1.807, 2.05) is 42.7 Å². The minimum Gasteiger partial charge on any atom is -0.373 e. The molecule has 2 aliphatic rings. The van der Waals surface area contributed by atoms with E-state index in [1.54, 1.807) is 0 Å². The number of rotatable bonds is 2. The number of nitrogens with zero attached hydrogens (tertiary/aromatic N) is 1. The number of pyridine rings is 1. The van der Waals surface area contributed by atoms with Gasteiger partial charge in [-0.2, -0.15) is 0 Å². The van der Waals surface area contributed by atoms with Crippen molar-refractivity contribution >= 4 is 11.5 Å². The van der Waals surface area contributed by atoms with Crippen molar-refractivity contribution in [3.63, 3.8) is 0 Å². The van der Waals surface area contributed by atoms with Gasteiger partial charge >= 0.3 is 0 Å². The van der Waals surface area contributed by atoms with Crippen molar-refractivity contribution in [3.8, 4) is 0 Å². The fourth-order valence-electron chi connectivity index (χ4n) is 4.45. The predicted octanol–water partition coefficient (Wildman–Crippen LogP) is 4.06. The van der Waals surface area contributed by atoms with E-state index in [1.165, 1.54) is 16.7 Å². The monoisotopic (exact) mass is 326 g/mol. The molecule has 2 heterocycles. The van der Waals surface area contributed by atoms with Crippen LogP contribution < -0.4 is 5.32 Å². The largest absolute Gasteiger partial charge is 0.373 e. The Morgan fingerprint density at radius 2 is 1.76 bits per heavy atom. The maximum atomic E-state index is 13.2. The predicted molar refractivity (Wildman–Crippen MR) is 97.9 cm³/mol. The fourth-order valence-corrected chi connectivity index (χ4v) is 4.45. The zero-order chi connectivity index (χ0) is 16.8. The summed E-state index contributed by atoms with van der Waals surface area (Å²) in [4.78, 5) is 17.5. The smallest absolute Gasteiger partial charge is 0.185 e. The van der Waals surface area contributed by atoms with Crippen molar-refractivity contribution in [1.82, 2.24) is 4.98 Å². The summed E-state index contributed by atoms with van der Waals surface area (Å²) in [6.07, 6.45) is 4.62. The average Bonchev–Trinajstić information content (AvgIpc) is 3.07. The summed E-state index contributed by atoms with van der Waals surface area (Å²) in [5.41, 5.74) is 5.71. The number of fused-ring (bicyclic) bond motifs is 5. The zero-order valence-electron chi connectivity index (χ0n) is 13.7. The second-order valence-corrected chi connectivity index (χ2v) is 6.86. The summed E-state index contributed by atoms with van der Waals surface area (Å²) in [7, 11) is 0. The van der Waals surface area contributed by atoms with Gasteiger partial charge in [0.2, 0.25) is 0 Å². The number of carbonyl (C=O) groups is 1. The lowest BCUT2D eigenvalue weighted by atomic mass is 9.76. The maximum absolute atomic E-state index is 13.2. The van der Waals surface area contributed by atoms with Gasteiger partial charge in [-0.25, -0.2) is 0 Å². The number of anilines is 1. The van der Waals surface area contributed by atoms with Crippen molar-refractivity contribution < 1.29 is 4.79 Å². The Labute approximate surface area is 146 Å². The summed E-state index contributed by atoms with van der Waals surface area (Å²) in [6, 6.07) is 20.0. The molecule has 0 saturated heterocycles. The highest BCUT2D eigenvalue weighted by atomic mass is 16.1. The van der Waals surface area contributed by atoms with Crippen LogP contribution in [-0.4, -0.2) is 16.8 Å². The standard InChI is InChI=1S/C22H18N2O/c25-22(14-6-2-1-3-7-14)21-18-12-15-8-4-5-9-16(15)20(18)17-10-11-23-13-19(17)24-21/h1-11,13,18,20-21,24H,12H2/t18-,20-,21-/m1/s1. The molecule has 2 aromatic carbocycles. The van der Waals surface area contributed by atoms with E-state index in [0.29, 0.717) is 0 Å². The van der Waals surface area contributed by atoms with Crippen LogP contribution in [0.5, 0.6) is 0 Å². The van der Waals surface area contributed by atoms with E-state index in [4.69, 9.17) is 0 Å². The summed E-state index contributed by atoms with van der Waals surface area (Å²) < 4.78 is 0. The van der Waals surface area contributed by atoms with E-state index in [9.17, 15) is 4.79 Å². The van der Waals surface area contributed by atoms with Gasteiger partial charge in [-0.15, -0.1) is 0 Å². The molecule has 0 saturated carbocycles. The molecule has 3 atom stereocenters. The average molecular weight is 326 g/mol. The molecule has 0 spiro atoms. The molecular formula is C22H18N2O. The topological polar surface area (TPSA) is 42.0 Å². The Hall–Kier alpha value is -2.94. The number of ketones is 1. The molecule has 5 rings (SSSR count). The Morgan fingerprint density at radius 3 is 2.64 bits per heavy atom. The van der Waals surface area contributed by atoms with Gasteiger partial charge in [0.25, 0.3) is 0 Å². The van der Waals surface area contributed by atoms with E-state index >= 15 is 0 Å². The molecule has 1 aliphatic carbocycles. The molecule has 1 aromatic heterocycles. The minimum atomic E-state index is -0.225. The first-order chi connectivity index (χ1) is 12.3. The first-order valence-electron chi connectivity index (χ1n) is 8.70. The van der Waals surface area contributed by atoms with E-state index in [2.05, 4.69) is 40.6 Å².